The Kier molecular flexibility index (Phi) is 1.53. The van der Waals surface area contributed by atoms with Crippen LogP contribution in [0, 0.1) is 0 Å². The molecule has 1 aliphatic rings. The largest absolute Gasteiger partial charge is 0.474 e. The Morgan fingerprint density at radius 1 is 1.33 bits per heavy atom. The average Bonchev–Trinajstić information content (AvgIpc) is 2.81. The first-order valence-electron chi connectivity index (χ1n) is 3.94. The van der Waals surface area contributed by atoms with Crippen LogP contribution >= 0.6 is 0 Å². The third-order valence-electron chi connectivity index (χ3n) is 1.74. The third-order valence-corrected chi connectivity index (χ3v) is 1.74. The van der Waals surface area contributed by atoms with Gasteiger partial charge in [-0.2, -0.15) is 4.98 Å². The summed E-state index contributed by atoms with van der Waals surface area (Å²) >= 11 is 0. The molecule has 0 unspecified atom stereocenters. The van der Waals surface area contributed by atoms with Crippen molar-refractivity contribution in [2.45, 2.75) is 18.9 Å². The van der Waals surface area contributed by atoms with Gasteiger partial charge in [0, 0.05) is 6.07 Å². The summed E-state index contributed by atoms with van der Waals surface area (Å²) in [5, 5.41) is 0. The van der Waals surface area contributed by atoms with Crippen molar-refractivity contribution < 1.29 is 4.74 Å². The molecule has 0 spiro atoms. The van der Waals surface area contributed by atoms with Crippen molar-refractivity contribution in [3.05, 3.63) is 12.1 Å². The SMILES string of the molecule is Nc1ccc(OC2CC2)nc1N. The van der Waals surface area contributed by atoms with Crippen molar-refractivity contribution >= 4 is 11.5 Å². The normalized spacial score (nSPS) is 16.0. The first kappa shape index (κ1) is 7.21. The summed E-state index contributed by atoms with van der Waals surface area (Å²) in [5.74, 6) is 0.914. The van der Waals surface area contributed by atoms with Crippen LogP contribution in [0.1, 0.15) is 12.8 Å². The zero-order valence-corrected chi connectivity index (χ0v) is 6.66. The van der Waals surface area contributed by atoms with E-state index in [-0.39, 0.29) is 0 Å². The second-order valence-electron chi connectivity index (χ2n) is 2.94. The highest BCUT2D eigenvalue weighted by atomic mass is 16.5. The molecule has 1 fully saturated rings. The zero-order chi connectivity index (χ0) is 8.55. The molecule has 12 heavy (non-hydrogen) atoms. The average molecular weight is 165 g/mol. The van der Waals surface area contributed by atoms with Gasteiger partial charge in [-0.05, 0) is 18.9 Å². The van der Waals surface area contributed by atoms with Crippen LogP contribution in [0.4, 0.5) is 11.5 Å². The summed E-state index contributed by atoms with van der Waals surface area (Å²) in [5.41, 5.74) is 11.5. The second-order valence-corrected chi connectivity index (χ2v) is 2.94. The summed E-state index contributed by atoms with van der Waals surface area (Å²) in [6.45, 7) is 0. The molecule has 1 saturated carbocycles. The minimum atomic E-state index is 0.341. The highest BCUT2D eigenvalue weighted by molar-refractivity contribution is 5.58. The fourth-order valence-electron chi connectivity index (χ4n) is 0.889. The molecule has 1 aromatic heterocycles. The topological polar surface area (TPSA) is 74.2 Å². The van der Waals surface area contributed by atoms with Gasteiger partial charge in [0.15, 0.2) is 5.82 Å². The molecule has 2 rings (SSSR count). The van der Waals surface area contributed by atoms with Gasteiger partial charge in [-0.25, -0.2) is 0 Å². The van der Waals surface area contributed by atoms with E-state index in [4.69, 9.17) is 16.2 Å². The van der Waals surface area contributed by atoms with E-state index in [1.54, 1.807) is 12.1 Å². The molecule has 0 amide bonds. The Balaban J connectivity index is 2.15. The predicted molar refractivity (Wildman–Crippen MR) is 46.7 cm³/mol. The molecule has 1 aromatic rings. The molecular formula is C8H11N3O. The van der Waals surface area contributed by atoms with Crippen LogP contribution in [-0.2, 0) is 0 Å². The Bertz CT molecular complexity index is 296. The lowest BCUT2D eigenvalue weighted by atomic mass is 10.4. The maximum Gasteiger partial charge on any atom is 0.215 e. The number of hydrogen-bond donors (Lipinski definition) is 2. The minimum absolute atomic E-state index is 0.341. The van der Waals surface area contributed by atoms with E-state index in [9.17, 15) is 0 Å². The summed E-state index contributed by atoms with van der Waals surface area (Å²) in [6, 6.07) is 3.45. The number of hydrogen-bond acceptors (Lipinski definition) is 4. The lowest BCUT2D eigenvalue weighted by Crippen LogP contribution is -2.02. The van der Waals surface area contributed by atoms with Gasteiger partial charge in [0.1, 0.15) is 6.10 Å². The first-order valence-corrected chi connectivity index (χ1v) is 3.94. The maximum atomic E-state index is 5.50. The van der Waals surface area contributed by atoms with Crippen molar-refractivity contribution in [2.75, 3.05) is 11.5 Å². The van der Waals surface area contributed by atoms with Crippen LogP contribution in [-0.4, -0.2) is 11.1 Å². The van der Waals surface area contributed by atoms with Gasteiger partial charge >= 0.3 is 0 Å². The van der Waals surface area contributed by atoms with E-state index in [0.29, 0.717) is 23.5 Å². The minimum Gasteiger partial charge on any atom is -0.474 e. The highest BCUT2D eigenvalue weighted by Gasteiger charge is 2.24. The van der Waals surface area contributed by atoms with E-state index in [0.717, 1.165) is 12.8 Å². The number of rotatable bonds is 2. The van der Waals surface area contributed by atoms with Crippen LogP contribution in [0.3, 0.4) is 0 Å². The Hall–Kier alpha value is -1.45. The molecule has 4 N–H and O–H groups in total. The molecule has 0 radical (unpaired) electrons. The van der Waals surface area contributed by atoms with Crippen molar-refractivity contribution in [1.29, 1.82) is 0 Å². The van der Waals surface area contributed by atoms with E-state index in [2.05, 4.69) is 4.98 Å². The van der Waals surface area contributed by atoms with Crippen molar-refractivity contribution in [2.24, 2.45) is 0 Å². The number of nitrogens with zero attached hydrogens (tertiary/aromatic N) is 1. The van der Waals surface area contributed by atoms with Crippen LogP contribution < -0.4 is 16.2 Å². The number of aromatic nitrogens is 1. The molecule has 0 bridgehead atoms. The third kappa shape index (κ3) is 1.42. The maximum absolute atomic E-state index is 5.50. The number of anilines is 2. The van der Waals surface area contributed by atoms with Gasteiger partial charge in [0.05, 0.1) is 5.69 Å². The number of nitrogens with two attached hydrogens (primary N) is 2. The molecule has 1 heterocycles. The van der Waals surface area contributed by atoms with Crippen LogP contribution in [0.2, 0.25) is 0 Å². The Morgan fingerprint density at radius 3 is 2.67 bits per heavy atom. The van der Waals surface area contributed by atoms with E-state index < -0.39 is 0 Å². The molecule has 0 saturated heterocycles. The van der Waals surface area contributed by atoms with Gasteiger partial charge in [0.25, 0.3) is 0 Å². The lowest BCUT2D eigenvalue weighted by molar-refractivity contribution is 0.291. The quantitative estimate of drug-likeness (QED) is 0.679. The van der Waals surface area contributed by atoms with Crippen LogP contribution in [0.15, 0.2) is 12.1 Å². The zero-order valence-electron chi connectivity index (χ0n) is 6.66. The molecule has 0 atom stereocenters. The molecule has 1 aliphatic carbocycles. The number of nitrogen functional groups attached to an aromatic ring is 2. The monoisotopic (exact) mass is 165 g/mol. The van der Waals surface area contributed by atoms with Crippen LogP contribution in [0.25, 0.3) is 0 Å². The fraction of sp³-hybridized carbons (Fsp3) is 0.375. The first-order chi connectivity index (χ1) is 5.75. The standard InChI is InChI=1S/C8H11N3O/c9-6-3-4-7(11-8(6)10)12-5-1-2-5/h3-5H,1-2,9H2,(H2,10,11). The molecule has 4 heteroatoms. The molecule has 0 aromatic carbocycles. The molecule has 4 nitrogen and oxygen atoms in total. The van der Waals surface area contributed by atoms with E-state index >= 15 is 0 Å². The van der Waals surface area contributed by atoms with Gasteiger partial charge in [-0.3, -0.25) is 0 Å². The van der Waals surface area contributed by atoms with Gasteiger partial charge < -0.3 is 16.2 Å². The van der Waals surface area contributed by atoms with Crippen LogP contribution in [0.5, 0.6) is 5.88 Å². The van der Waals surface area contributed by atoms with Crippen molar-refractivity contribution in [1.82, 2.24) is 4.98 Å². The number of ether oxygens (including phenoxy) is 1. The second kappa shape index (κ2) is 2.55. The van der Waals surface area contributed by atoms with Gasteiger partial charge in [-0.1, -0.05) is 0 Å². The smallest absolute Gasteiger partial charge is 0.215 e. The molecule has 0 aliphatic heterocycles. The predicted octanol–water partition coefficient (Wildman–Crippen LogP) is 0.787. The highest BCUT2D eigenvalue weighted by Crippen LogP contribution is 2.26. The Morgan fingerprint density at radius 2 is 2.08 bits per heavy atom. The molecular weight excluding hydrogens is 154 g/mol. The van der Waals surface area contributed by atoms with Gasteiger partial charge in [-0.15, -0.1) is 0 Å². The summed E-state index contributed by atoms with van der Waals surface area (Å²) < 4.78 is 5.41. The fourth-order valence-corrected chi connectivity index (χ4v) is 0.889. The lowest BCUT2D eigenvalue weighted by Gasteiger charge is -2.04. The van der Waals surface area contributed by atoms with Gasteiger partial charge in [0.2, 0.25) is 5.88 Å². The Labute approximate surface area is 70.5 Å². The number of pyridine rings is 1. The summed E-state index contributed by atoms with van der Waals surface area (Å²) in [4.78, 5) is 3.98. The van der Waals surface area contributed by atoms with Crippen molar-refractivity contribution in [3.63, 3.8) is 0 Å². The summed E-state index contributed by atoms with van der Waals surface area (Å²) in [6.07, 6.45) is 2.58. The van der Waals surface area contributed by atoms with E-state index in [1.807, 2.05) is 0 Å². The van der Waals surface area contributed by atoms with E-state index in [1.165, 1.54) is 0 Å². The van der Waals surface area contributed by atoms with Crippen molar-refractivity contribution in [3.8, 4) is 5.88 Å². The summed E-state index contributed by atoms with van der Waals surface area (Å²) in [7, 11) is 0. The molecule has 64 valence electrons.